The summed E-state index contributed by atoms with van der Waals surface area (Å²) in [7, 11) is 0. The average Bonchev–Trinajstić information content (AvgIpc) is 3.34. The Balaban J connectivity index is 1.52. The third-order valence-corrected chi connectivity index (χ3v) is 7.09. The van der Waals surface area contributed by atoms with E-state index < -0.39 is 0 Å². The van der Waals surface area contributed by atoms with Crippen LogP contribution in [-0.4, -0.2) is 57.2 Å². The molecule has 1 fully saturated rings. The highest BCUT2D eigenvalue weighted by molar-refractivity contribution is 7.99. The van der Waals surface area contributed by atoms with Gasteiger partial charge in [0.25, 0.3) is 0 Å². The number of ether oxygens (including phenoxy) is 1. The minimum Gasteiger partial charge on any atom is -0.378 e. The molecule has 1 aromatic carbocycles. The van der Waals surface area contributed by atoms with Gasteiger partial charge in [-0.2, -0.15) is 0 Å². The highest BCUT2D eigenvalue weighted by atomic mass is 32.2. The Morgan fingerprint density at radius 1 is 1.06 bits per heavy atom. The molecule has 8 heteroatoms. The zero-order valence-electron chi connectivity index (χ0n) is 19.5. The number of Topliss-reactive ketones (excluding diaryl/α,β-unsaturated/α-hetero) is 1. The molecule has 0 bridgehead atoms. The van der Waals surface area contributed by atoms with Crippen LogP contribution in [0.25, 0.3) is 5.69 Å². The summed E-state index contributed by atoms with van der Waals surface area (Å²) in [5.74, 6) is 1.30. The molecule has 170 valence electrons. The highest BCUT2D eigenvalue weighted by Gasteiger charge is 2.22. The van der Waals surface area contributed by atoms with Crippen LogP contribution < -0.4 is 4.90 Å². The summed E-state index contributed by atoms with van der Waals surface area (Å²) in [5.41, 5.74) is 6.40. The zero-order chi connectivity index (χ0) is 22.8. The van der Waals surface area contributed by atoms with Gasteiger partial charge in [-0.1, -0.05) is 17.8 Å². The number of hydrogen-bond acceptors (Lipinski definition) is 6. The lowest BCUT2D eigenvalue weighted by molar-refractivity contribution is 0.102. The molecule has 1 aliphatic heterocycles. The number of aryl methyl sites for hydroxylation is 3. The minimum absolute atomic E-state index is 0.108. The van der Waals surface area contributed by atoms with E-state index in [1.165, 1.54) is 22.9 Å². The molecule has 3 heterocycles. The van der Waals surface area contributed by atoms with Gasteiger partial charge in [-0.25, -0.2) is 0 Å². The van der Waals surface area contributed by atoms with Gasteiger partial charge in [0.2, 0.25) is 5.95 Å². The Bertz CT molecular complexity index is 1130. The Morgan fingerprint density at radius 3 is 2.50 bits per heavy atom. The summed E-state index contributed by atoms with van der Waals surface area (Å²) in [6.07, 6.45) is 0. The Morgan fingerprint density at radius 2 is 1.81 bits per heavy atom. The molecule has 7 nitrogen and oxygen atoms in total. The smallest absolute Gasteiger partial charge is 0.228 e. The van der Waals surface area contributed by atoms with Crippen molar-refractivity contribution in [2.75, 3.05) is 37.0 Å². The van der Waals surface area contributed by atoms with Crippen LogP contribution in [0, 0.1) is 27.7 Å². The standard InChI is InChI=1S/C24H31N5O2S/c1-6-28-23(27-9-11-31-12-10-27)25-26-24(28)32-15-22(30)21-14-18(4)29(19(21)5)20-8-7-16(2)17(3)13-20/h7-8,13-14H,6,9-12,15H2,1-5H3. The monoisotopic (exact) mass is 453 g/mol. The van der Waals surface area contributed by atoms with E-state index in [0.29, 0.717) is 19.0 Å². The highest BCUT2D eigenvalue weighted by Crippen LogP contribution is 2.27. The fraction of sp³-hybridized carbons (Fsp3) is 0.458. The van der Waals surface area contributed by atoms with Crippen LogP contribution >= 0.6 is 11.8 Å². The molecule has 1 saturated heterocycles. The predicted molar refractivity (Wildman–Crippen MR) is 128 cm³/mol. The molecule has 0 N–H and O–H groups in total. The number of rotatable bonds is 7. The third kappa shape index (κ3) is 4.34. The van der Waals surface area contributed by atoms with Crippen molar-refractivity contribution in [2.45, 2.75) is 46.3 Å². The van der Waals surface area contributed by atoms with E-state index in [1.807, 2.05) is 13.0 Å². The van der Waals surface area contributed by atoms with E-state index in [2.05, 4.69) is 70.1 Å². The number of carbonyl (C=O) groups excluding carboxylic acids is 1. The fourth-order valence-corrected chi connectivity index (χ4v) is 5.06. The van der Waals surface area contributed by atoms with Gasteiger partial charge in [0.15, 0.2) is 10.9 Å². The summed E-state index contributed by atoms with van der Waals surface area (Å²) in [5, 5.41) is 9.56. The summed E-state index contributed by atoms with van der Waals surface area (Å²) < 4.78 is 9.69. The SMILES string of the molecule is CCn1c(SCC(=O)c2cc(C)n(-c3ccc(C)c(C)c3)c2C)nnc1N1CCOCC1. The first-order valence-electron chi connectivity index (χ1n) is 11.1. The molecule has 3 aromatic rings. The lowest BCUT2D eigenvalue weighted by Crippen LogP contribution is -2.38. The number of anilines is 1. The number of benzene rings is 1. The number of nitrogens with zero attached hydrogens (tertiary/aromatic N) is 5. The molecule has 1 aliphatic rings. The molecule has 0 spiro atoms. The van der Waals surface area contributed by atoms with Gasteiger partial charge in [-0.3, -0.25) is 9.36 Å². The maximum atomic E-state index is 13.1. The average molecular weight is 454 g/mol. The Labute approximate surface area is 193 Å². The van der Waals surface area contributed by atoms with E-state index >= 15 is 0 Å². The van der Waals surface area contributed by atoms with Gasteiger partial charge < -0.3 is 14.2 Å². The van der Waals surface area contributed by atoms with Crippen molar-refractivity contribution >= 4 is 23.5 Å². The van der Waals surface area contributed by atoms with Crippen LogP contribution in [0.1, 0.15) is 39.8 Å². The molecule has 0 radical (unpaired) electrons. The first kappa shape index (κ1) is 22.6. The summed E-state index contributed by atoms with van der Waals surface area (Å²) >= 11 is 1.46. The maximum Gasteiger partial charge on any atom is 0.228 e. The van der Waals surface area contributed by atoms with E-state index in [-0.39, 0.29) is 5.78 Å². The number of morpholine rings is 1. The van der Waals surface area contributed by atoms with Gasteiger partial charge in [-0.05, 0) is 63.9 Å². The second-order valence-corrected chi connectivity index (χ2v) is 9.17. The molecule has 0 saturated carbocycles. The molecular weight excluding hydrogens is 422 g/mol. The molecule has 32 heavy (non-hydrogen) atoms. The van der Waals surface area contributed by atoms with Gasteiger partial charge >= 0.3 is 0 Å². The second-order valence-electron chi connectivity index (χ2n) is 8.23. The van der Waals surface area contributed by atoms with Crippen molar-refractivity contribution in [3.05, 3.63) is 52.3 Å². The van der Waals surface area contributed by atoms with Gasteiger partial charge in [-0.15, -0.1) is 10.2 Å². The van der Waals surface area contributed by atoms with Crippen molar-refractivity contribution in [3.8, 4) is 5.69 Å². The molecule has 4 rings (SSSR count). The van der Waals surface area contributed by atoms with Crippen molar-refractivity contribution in [2.24, 2.45) is 0 Å². The van der Waals surface area contributed by atoms with Gasteiger partial charge in [0.05, 0.1) is 19.0 Å². The maximum absolute atomic E-state index is 13.1. The number of thioether (sulfide) groups is 1. The molecule has 0 unspecified atom stereocenters. The zero-order valence-corrected chi connectivity index (χ0v) is 20.3. The summed E-state index contributed by atoms with van der Waals surface area (Å²) in [6, 6.07) is 8.42. The normalized spacial score (nSPS) is 14.2. The van der Waals surface area contributed by atoms with E-state index in [1.54, 1.807) is 0 Å². The summed E-state index contributed by atoms with van der Waals surface area (Å²) in [4.78, 5) is 15.3. The fourth-order valence-electron chi connectivity index (χ4n) is 4.18. The first-order valence-corrected chi connectivity index (χ1v) is 12.1. The lowest BCUT2D eigenvalue weighted by atomic mass is 10.1. The minimum atomic E-state index is 0.108. The molecular formula is C24H31N5O2S. The van der Waals surface area contributed by atoms with Crippen LogP contribution in [0.2, 0.25) is 0 Å². The molecule has 2 aromatic heterocycles. The number of aromatic nitrogens is 4. The van der Waals surface area contributed by atoms with Crippen LogP contribution in [0.3, 0.4) is 0 Å². The van der Waals surface area contributed by atoms with Crippen molar-refractivity contribution in [1.82, 2.24) is 19.3 Å². The second kappa shape index (κ2) is 9.50. The van der Waals surface area contributed by atoms with E-state index in [0.717, 1.165) is 53.4 Å². The van der Waals surface area contributed by atoms with Crippen LogP contribution in [0.5, 0.6) is 0 Å². The Kier molecular flexibility index (Phi) is 6.71. The van der Waals surface area contributed by atoms with E-state index in [9.17, 15) is 4.79 Å². The predicted octanol–water partition coefficient (Wildman–Crippen LogP) is 4.13. The van der Waals surface area contributed by atoms with Crippen LogP contribution in [0.15, 0.2) is 29.4 Å². The number of hydrogen-bond donors (Lipinski definition) is 0. The Hall–Kier alpha value is -2.58. The largest absolute Gasteiger partial charge is 0.378 e. The number of ketones is 1. The van der Waals surface area contributed by atoms with E-state index in [4.69, 9.17) is 4.74 Å². The topological polar surface area (TPSA) is 65.2 Å². The summed E-state index contributed by atoms with van der Waals surface area (Å²) in [6.45, 7) is 14.2. The third-order valence-electron chi connectivity index (χ3n) is 6.12. The quantitative estimate of drug-likeness (QED) is 0.396. The number of carbonyl (C=O) groups is 1. The lowest BCUT2D eigenvalue weighted by Gasteiger charge is -2.27. The van der Waals surface area contributed by atoms with Crippen LogP contribution in [0.4, 0.5) is 5.95 Å². The van der Waals surface area contributed by atoms with Crippen LogP contribution in [-0.2, 0) is 11.3 Å². The first-order chi connectivity index (χ1) is 15.4. The van der Waals surface area contributed by atoms with Crippen molar-refractivity contribution in [1.29, 1.82) is 0 Å². The molecule has 0 atom stereocenters. The van der Waals surface area contributed by atoms with Gasteiger partial charge in [0, 0.05) is 42.3 Å². The van der Waals surface area contributed by atoms with Gasteiger partial charge in [0.1, 0.15) is 0 Å². The molecule has 0 amide bonds. The molecule has 0 aliphatic carbocycles. The van der Waals surface area contributed by atoms with Crippen molar-refractivity contribution < 1.29 is 9.53 Å². The van der Waals surface area contributed by atoms with Crippen molar-refractivity contribution in [3.63, 3.8) is 0 Å².